The largest absolute Gasteiger partial charge is 0.384 e. The lowest BCUT2D eigenvalue weighted by Crippen LogP contribution is -2.54. The van der Waals surface area contributed by atoms with Crippen LogP contribution in [0.4, 0.5) is 17.2 Å². The number of hydrogen-bond acceptors (Lipinski definition) is 7. The molecule has 0 N–H and O–H groups in total. The van der Waals surface area contributed by atoms with Gasteiger partial charge in [-0.1, -0.05) is 6.58 Å². The summed E-state index contributed by atoms with van der Waals surface area (Å²) in [7, 11) is 1.59. The third-order valence-corrected chi connectivity index (χ3v) is 6.65. The minimum atomic E-state index is -0.173. The SMILES string of the molecule is C=Cc1cc(N(C(C)=O)c2cc(C#N)c(N3CCN(C(=O)CCOC)[C@H](C)C3)nc2C2CC2)ccn1. The molecule has 36 heavy (non-hydrogen) atoms. The van der Waals surface area contributed by atoms with Crippen molar-refractivity contribution in [3.8, 4) is 6.07 Å². The molecule has 3 heterocycles. The molecule has 1 saturated carbocycles. The molecule has 4 rings (SSSR count). The van der Waals surface area contributed by atoms with Gasteiger partial charge in [0.25, 0.3) is 0 Å². The summed E-state index contributed by atoms with van der Waals surface area (Å²) in [4.78, 5) is 40.2. The van der Waals surface area contributed by atoms with Crippen molar-refractivity contribution in [2.24, 2.45) is 0 Å². The van der Waals surface area contributed by atoms with Gasteiger partial charge in [-0.3, -0.25) is 19.5 Å². The number of amides is 2. The fourth-order valence-electron chi connectivity index (χ4n) is 4.70. The Bertz CT molecular complexity index is 1200. The average molecular weight is 489 g/mol. The summed E-state index contributed by atoms with van der Waals surface area (Å²) in [5.41, 5.74) is 3.17. The van der Waals surface area contributed by atoms with Crippen LogP contribution >= 0.6 is 0 Å². The van der Waals surface area contributed by atoms with Gasteiger partial charge in [-0.2, -0.15) is 5.26 Å². The Labute approximate surface area is 212 Å². The van der Waals surface area contributed by atoms with Crippen LogP contribution in [-0.4, -0.2) is 66.1 Å². The van der Waals surface area contributed by atoms with Gasteiger partial charge in [0.2, 0.25) is 11.8 Å². The number of nitrogens with zero attached hydrogens (tertiary/aromatic N) is 6. The van der Waals surface area contributed by atoms with E-state index in [9.17, 15) is 14.9 Å². The smallest absolute Gasteiger partial charge is 0.228 e. The van der Waals surface area contributed by atoms with Crippen LogP contribution in [0.2, 0.25) is 0 Å². The first kappa shape index (κ1) is 25.3. The maximum Gasteiger partial charge on any atom is 0.228 e. The highest BCUT2D eigenvalue weighted by Gasteiger charge is 2.35. The van der Waals surface area contributed by atoms with Crippen LogP contribution < -0.4 is 9.80 Å². The van der Waals surface area contributed by atoms with Crippen molar-refractivity contribution in [1.82, 2.24) is 14.9 Å². The molecule has 0 bridgehead atoms. The van der Waals surface area contributed by atoms with Gasteiger partial charge in [0.1, 0.15) is 11.9 Å². The zero-order valence-electron chi connectivity index (χ0n) is 21.1. The van der Waals surface area contributed by atoms with Crippen LogP contribution in [0.3, 0.4) is 0 Å². The molecular weight excluding hydrogens is 456 g/mol. The van der Waals surface area contributed by atoms with Crippen LogP contribution in [-0.2, 0) is 14.3 Å². The monoisotopic (exact) mass is 488 g/mol. The van der Waals surface area contributed by atoms with Crippen molar-refractivity contribution >= 4 is 35.1 Å². The highest BCUT2D eigenvalue weighted by molar-refractivity contribution is 6.00. The second-order valence-corrected chi connectivity index (χ2v) is 9.27. The maximum atomic E-state index is 12.9. The summed E-state index contributed by atoms with van der Waals surface area (Å²) in [5, 5.41) is 10.1. The molecule has 0 aromatic carbocycles. The molecule has 2 amide bonds. The van der Waals surface area contributed by atoms with Crippen molar-refractivity contribution < 1.29 is 14.3 Å². The van der Waals surface area contributed by atoms with Crippen molar-refractivity contribution in [3.63, 3.8) is 0 Å². The zero-order valence-corrected chi connectivity index (χ0v) is 21.1. The van der Waals surface area contributed by atoms with Gasteiger partial charge in [0.05, 0.1) is 41.4 Å². The molecule has 0 spiro atoms. The first-order valence-electron chi connectivity index (χ1n) is 12.3. The van der Waals surface area contributed by atoms with Gasteiger partial charge >= 0.3 is 0 Å². The molecule has 2 aromatic heterocycles. The number of nitriles is 1. The summed E-state index contributed by atoms with van der Waals surface area (Å²) in [6, 6.07) is 7.62. The number of aromatic nitrogens is 2. The topological polar surface area (TPSA) is 103 Å². The molecule has 2 aromatic rings. The van der Waals surface area contributed by atoms with Gasteiger partial charge < -0.3 is 14.5 Å². The summed E-state index contributed by atoms with van der Waals surface area (Å²) in [6.45, 7) is 9.40. The Morgan fingerprint density at radius 1 is 1.33 bits per heavy atom. The average Bonchev–Trinajstić information content (AvgIpc) is 3.72. The molecule has 0 unspecified atom stereocenters. The fourth-order valence-corrected chi connectivity index (χ4v) is 4.70. The summed E-state index contributed by atoms with van der Waals surface area (Å²) in [5.74, 6) is 0.751. The van der Waals surface area contributed by atoms with Crippen LogP contribution in [0.1, 0.15) is 56.0 Å². The lowest BCUT2D eigenvalue weighted by molar-refractivity contribution is -0.134. The molecular formula is C27H32N6O3. The molecule has 1 atom stereocenters. The van der Waals surface area contributed by atoms with Crippen molar-refractivity contribution in [2.45, 2.75) is 45.1 Å². The predicted octanol–water partition coefficient (Wildman–Crippen LogP) is 3.63. The minimum absolute atomic E-state index is 0.0247. The van der Waals surface area contributed by atoms with Crippen LogP contribution in [0.15, 0.2) is 31.0 Å². The predicted molar refractivity (Wildman–Crippen MR) is 138 cm³/mol. The number of carbonyl (C=O) groups is 2. The first-order chi connectivity index (χ1) is 17.4. The van der Waals surface area contributed by atoms with Crippen molar-refractivity contribution in [1.29, 1.82) is 5.26 Å². The molecule has 9 nitrogen and oxygen atoms in total. The standard InChI is InChI=1S/C27H32N6O3/c1-5-22-15-23(8-10-29-22)33(19(3)34)24-14-21(16-28)27(30-26(24)20-6-7-20)31-11-12-32(18(2)17-31)25(35)9-13-36-4/h5,8,10,14-15,18,20H,1,6-7,9,11-13,17H2,2-4H3/t18-/m1/s1. The number of carbonyl (C=O) groups excluding carboxylic acids is 2. The number of anilines is 3. The lowest BCUT2D eigenvalue weighted by atomic mass is 10.1. The fraction of sp³-hybridized carbons (Fsp3) is 0.444. The van der Waals surface area contributed by atoms with Crippen molar-refractivity contribution in [2.75, 3.05) is 43.2 Å². The number of rotatable bonds is 8. The molecule has 2 aliphatic rings. The van der Waals surface area contributed by atoms with E-state index in [1.54, 1.807) is 42.5 Å². The first-order valence-corrected chi connectivity index (χ1v) is 12.3. The summed E-state index contributed by atoms with van der Waals surface area (Å²) in [6.07, 6.45) is 5.60. The third-order valence-electron chi connectivity index (χ3n) is 6.65. The van der Waals surface area contributed by atoms with Gasteiger partial charge in [-0.15, -0.1) is 0 Å². The Kier molecular flexibility index (Phi) is 7.65. The molecule has 2 fully saturated rings. The minimum Gasteiger partial charge on any atom is -0.384 e. The number of pyridine rings is 2. The number of hydrogen-bond donors (Lipinski definition) is 0. The van der Waals surface area contributed by atoms with Gasteiger partial charge in [0, 0.05) is 51.8 Å². The third kappa shape index (κ3) is 5.24. The maximum absolute atomic E-state index is 12.9. The molecule has 1 aliphatic heterocycles. The molecule has 188 valence electrons. The normalized spacial score (nSPS) is 17.4. The summed E-state index contributed by atoms with van der Waals surface area (Å²) >= 11 is 0. The number of piperazine rings is 1. The van der Waals surface area contributed by atoms with Crippen LogP contribution in [0.5, 0.6) is 0 Å². The number of methoxy groups -OCH3 is 1. The summed E-state index contributed by atoms with van der Waals surface area (Å²) < 4.78 is 5.05. The second-order valence-electron chi connectivity index (χ2n) is 9.27. The Balaban J connectivity index is 1.69. The van der Waals surface area contributed by atoms with E-state index in [1.165, 1.54) is 6.92 Å². The number of ether oxygens (including phenoxy) is 1. The van der Waals surface area contributed by atoms with Gasteiger partial charge in [-0.05, 0) is 44.0 Å². The van der Waals surface area contributed by atoms with Gasteiger partial charge in [0.15, 0.2) is 0 Å². The zero-order chi connectivity index (χ0) is 25.8. The van der Waals surface area contributed by atoms with Crippen LogP contribution in [0, 0.1) is 11.3 Å². The van der Waals surface area contributed by atoms with Crippen LogP contribution in [0.25, 0.3) is 6.08 Å². The van der Waals surface area contributed by atoms with E-state index in [0.29, 0.717) is 61.1 Å². The van der Waals surface area contributed by atoms with E-state index in [4.69, 9.17) is 9.72 Å². The second kappa shape index (κ2) is 10.9. The van der Waals surface area contributed by atoms with Gasteiger partial charge in [-0.25, -0.2) is 4.98 Å². The van der Waals surface area contributed by atoms with E-state index in [-0.39, 0.29) is 23.8 Å². The molecule has 1 aliphatic carbocycles. The molecule has 0 radical (unpaired) electrons. The Morgan fingerprint density at radius 3 is 2.72 bits per heavy atom. The highest BCUT2D eigenvalue weighted by Crippen LogP contribution is 2.46. The Morgan fingerprint density at radius 2 is 2.11 bits per heavy atom. The highest BCUT2D eigenvalue weighted by atomic mass is 16.5. The lowest BCUT2D eigenvalue weighted by Gasteiger charge is -2.41. The van der Waals surface area contributed by atoms with Crippen molar-refractivity contribution in [3.05, 3.63) is 47.9 Å². The van der Waals surface area contributed by atoms with E-state index in [0.717, 1.165) is 18.5 Å². The van der Waals surface area contributed by atoms with E-state index < -0.39 is 0 Å². The molecule has 9 heteroatoms. The van der Waals surface area contributed by atoms with E-state index >= 15 is 0 Å². The Hall–Kier alpha value is -3.77. The van der Waals surface area contributed by atoms with E-state index in [2.05, 4.69) is 22.5 Å². The van der Waals surface area contributed by atoms with E-state index in [1.807, 2.05) is 11.8 Å². The molecule has 1 saturated heterocycles. The quantitative estimate of drug-likeness (QED) is 0.559.